The first-order valence-electron chi connectivity index (χ1n) is 10.5. The summed E-state index contributed by atoms with van der Waals surface area (Å²) in [6.07, 6.45) is 4.22. The number of carbonyl (C=O) groups excluding carboxylic acids is 1. The third-order valence-electron chi connectivity index (χ3n) is 5.88. The monoisotopic (exact) mass is 450 g/mol. The van der Waals surface area contributed by atoms with E-state index in [4.69, 9.17) is 16.0 Å². The highest BCUT2D eigenvalue weighted by Gasteiger charge is 2.35. The molecule has 3 heterocycles. The van der Waals surface area contributed by atoms with Crippen LogP contribution in [0.15, 0.2) is 40.8 Å². The van der Waals surface area contributed by atoms with Gasteiger partial charge in [-0.1, -0.05) is 23.7 Å². The topological polar surface area (TPSA) is 70.8 Å². The average molecular weight is 451 g/mol. The van der Waals surface area contributed by atoms with Crippen molar-refractivity contribution in [1.29, 1.82) is 0 Å². The molecule has 2 aliphatic heterocycles. The summed E-state index contributed by atoms with van der Waals surface area (Å²) in [5.41, 5.74) is 0.851. The van der Waals surface area contributed by atoms with Crippen LogP contribution in [0.25, 0.3) is 0 Å². The zero-order valence-corrected chi connectivity index (χ0v) is 18.5. The molecule has 30 heavy (non-hydrogen) atoms. The summed E-state index contributed by atoms with van der Waals surface area (Å²) in [5, 5.41) is 0.616. The number of anilines is 1. The highest BCUT2D eigenvalue weighted by atomic mass is 35.5. The lowest BCUT2D eigenvalue weighted by molar-refractivity contribution is -0.133. The smallest absolute Gasteiger partial charge is 0.227 e. The first-order valence-corrected chi connectivity index (χ1v) is 12.7. The molecule has 162 valence electrons. The molecule has 0 N–H and O–H groups in total. The zero-order chi connectivity index (χ0) is 21.1. The molecule has 1 amide bonds. The second-order valence-corrected chi connectivity index (χ2v) is 10.8. The highest BCUT2D eigenvalue weighted by Crippen LogP contribution is 2.26. The van der Waals surface area contributed by atoms with Gasteiger partial charge in [0.25, 0.3) is 0 Å². The molecule has 2 aromatic rings. The predicted octanol–water partition coefficient (Wildman–Crippen LogP) is 3.68. The van der Waals surface area contributed by atoms with Crippen molar-refractivity contribution in [2.24, 2.45) is 0 Å². The summed E-state index contributed by atoms with van der Waals surface area (Å²) in [4.78, 5) is 17.1. The average Bonchev–Trinajstić information content (AvgIpc) is 3.34. The second kappa shape index (κ2) is 9.02. The minimum Gasteiger partial charge on any atom is -0.444 e. The van der Waals surface area contributed by atoms with Gasteiger partial charge < -0.3 is 14.2 Å². The molecular formula is C22H27ClN2O4S. The van der Waals surface area contributed by atoms with Crippen LogP contribution in [0.5, 0.6) is 0 Å². The molecule has 0 saturated carbocycles. The number of amides is 1. The fraction of sp³-hybridized carbons (Fsp3) is 0.500. The molecule has 4 rings (SSSR count). The molecule has 1 aromatic heterocycles. The van der Waals surface area contributed by atoms with E-state index in [1.165, 1.54) is 6.42 Å². The third kappa shape index (κ3) is 5.19. The number of benzene rings is 1. The van der Waals surface area contributed by atoms with Gasteiger partial charge in [-0.2, -0.15) is 0 Å². The van der Waals surface area contributed by atoms with E-state index in [1.807, 2.05) is 24.3 Å². The lowest BCUT2D eigenvalue weighted by Gasteiger charge is -2.28. The van der Waals surface area contributed by atoms with Gasteiger partial charge in [0.05, 0.1) is 24.5 Å². The molecule has 2 fully saturated rings. The molecule has 0 radical (unpaired) electrons. The molecule has 2 aliphatic rings. The van der Waals surface area contributed by atoms with Crippen LogP contribution in [0.2, 0.25) is 5.02 Å². The zero-order valence-electron chi connectivity index (χ0n) is 16.9. The lowest BCUT2D eigenvalue weighted by atomic mass is 10.1. The van der Waals surface area contributed by atoms with Crippen molar-refractivity contribution in [2.75, 3.05) is 29.5 Å². The summed E-state index contributed by atoms with van der Waals surface area (Å²) >= 11 is 5.94. The molecular weight excluding hydrogens is 424 g/mol. The number of rotatable bonds is 6. The van der Waals surface area contributed by atoms with Crippen molar-refractivity contribution >= 4 is 33.2 Å². The number of furan rings is 1. The van der Waals surface area contributed by atoms with Crippen LogP contribution < -0.4 is 4.90 Å². The molecule has 0 bridgehead atoms. The SMILES string of the molecule is O=C(Cc1ccc(Cl)cc1)N(Cc1ccc(N2CCCCC2)o1)C1CCS(=O)(=O)C1. The summed E-state index contributed by atoms with van der Waals surface area (Å²) in [6.45, 7) is 2.24. The van der Waals surface area contributed by atoms with E-state index in [-0.39, 0.29) is 36.4 Å². The van der Waals surface area contributed by atoms with Crippen LogP contribution in [0.4, 0.5) is 5.88 Å². The second-order valence-electron chi connectivity index (χ2n) is 8.17. The maximum Gasteiger partial charge on any atom is 0.227 e. The molecule has 1 unspecified atom stereocenters. The van der Waals surface area contributed by atoms with Gasteiger partial charge in [-0.15, -0.1) is 0 Å². The van der Waals surface area contributed by atoms with Gasteiger partial charge in [-0.05, 0) is 49.4 Å². The van der Waals surface area contributed by atoms with Crippen molar-refractivity contribution in [2.45, 2.75) is 44.7 Å². The number of hydrogen-bond acceptors (Lipinski definition) is 5. The molecule has 2 saturated heterocycles. The van der Waals surface area contributed by atoms with Crippen molar-refractivity contribution in [3.63, 3.8) is 0 Å². The predicted molar refractivity (Wildman–Crippen MR) is 118 cm³/mol. The number of halogens is 1. The quantitative estimate of drug-likeness (QED) is 0.671. The lowest BCUT2D eigenvalue weighted by Crippen LogP contribution is -2.41. The van der Waals surface area contributed by atoms with E-state index in [0.29, 0.717) is 17.2 Å². The van der Waals surface area contributed by atoms with Gasteiger partial charge in [-0.25, -0.2) is 8.42 Å². The Hall–Kier alpha value is -1.99. The van der Waals surface area contributed by atoms with Gasteiger partial charge in [0, 0.05) is 30.2 Å². The maximum absolute atomic E-state index is 13.2. The molecule has 6 nitrogen and oxygen atoms in total. The van der Waals surface area contributed by atoms with E-state index < -0.39 is 9.84 Å². The molecule has 8 heteroatoms. The first kappa shape index (κ1) is 21.2. The highest BCUT2D eigenvalue weighted by molar-refractivity contribution is 7.91. The summed E-state index contributed by atoms with van der Waals surface area (Å²) in [7, 11) is -3.11. The Morgan fingerprint density at radius 2 is 1.83 bits per heavy atom. The van der Waals surface area contributed by atoms with Gasteiger partial charge in [0.1, 0.15) is 5.76 Å². The number of sulfone groups is 1. The van der Waals surface area contributed by atoms with Crippen LogP contribution in [0.3, 0.4) is 0 Å². The minimum absolute atomic E-state index is 0.0129. The minimum atomic E-state index is -3.11. The van der Waals surface area contributed by atoms with E-state index >= 15 is 0 Å². The standard InChI is InChI=1S/C22H27ClN2O4S/c23-18-6-4-17(5-7-18)14-21(26)25(19-10-13-30(27,28)16-19)15-20-8-9-22(29-20)24-11-2-1-3-12-24/h4-9,19H,1-3,10-16H2. The Labute approximate surface area is 182 Å². The molecule has 0 spiro atoms. The fourth-order valence-corrected chi connectivity index (χ4v) is 6.08. The Balaban J connectivity index is 1.50. The maximum atomic E-state index is 13.2. The van der Waals surface area contributed by atoms with E-state index in [1.54, 1.807) is 17.0 Å². The third-order valence-corrected chi connectivity index (χ3v) is 7.88. The van der Waals surface area contributed by atoms with Crippen LogP contribution in [-0.4, -0.2) is 49.9 Å². The molecule has 0 aliphatic carbocycles. The first-order chi connectivity index (χ1) is 14.4. The summed E-state index contributed by atoms with van der Waals surface area (Å²) < 4.78 is 30.1. The number of nitrogens with zero attached hydrogens (tertiary/aromatic N) is 2. The molecule has 1 atom stereocenters. The van der Waals surface area contributed by atoms with Crippen molar-refractivity contribution in [3.05, 3.63) is 52.7 Å². The van der Waals surface area contributed by atoms with Crippen LogP contribution >= 0.6 is 11.6 Å². The Kier molecular flexibility index (Phi) is 6.39. The van der Waals surface area contributed by atoms with Crippen molar-refractivity contribution < 1.29 is 17.6 Å². The van der Waals surface area contributed by atoms with Gasteiger partial charge in [-0.3, -0.25) is 4.79 Å². The summed E-state index contributed by atoms with van der Waals surface area (Å²) in [5.74, 6) is 1.55. The number of piperidine rings is 1. The summed E-state index contributed by atoms with van der Waals surface area (Å²) in [6, 6.07) is 10.7. The Morgan fingerprint density at radius 1 is 1.10 bits per heavy atom. The van der Waals surface area contributed by atoms with Crippen molar-refractivity contribution in [3.8, 4) is 0 Å². The number of carbonyl (C=O) groups is 1. The van der Waals surface area contributed by atoms with Gasteiger partial charge in [0.2, 0.25) is 5.91 Å². The van der Waals surface area contributed by atoms with E-state index in [9.17, 15) is 13.2 Å². The Morgan fingerprint density at radius 3 is 2.50 bits per heavy atom. The van der Waals surface area contributed by atoms with Gasteiger partial charge >= 0.3 is 0 Å². The number of hydrogen-bond donors (Lipinski definition) is 0. The Bertz CT molecular complexity index is 981. The van der Waals surface area contributed by atoms with E-state index in [0.717, 1.165) is 37.4 Å². The van der Waals surface area contributed by atoms with E-state index in [2.05, 4.69) is 4.90 Å². The van der Waals surface area contributed by atoms with Crippen LogP contribution in [0.1, 0.15) is 37.0 Å². The van der Waals surface area contributed by atoms with Crippen LogP contribution in [0, 0.1) is 0 Å². The van der Waals surface area contributed by atoms with Crippen molar-refractivity contribution in [1.82, 2.24) is 4.90 Å². The molecule has 1 aromatic carbocycles. The fourth-order valence-electron chi connectivity index (χ4n) is 4.22. The van der Waals surface area contributed by atoms with Gasteiger partial charge in [0.15, 0.2) is 15.7 Å². The normalized spacial score (nSPS) is 21.0. The largest absolute Gasteiger partial charge is 0.444 e. The van der Waals surface area contributed by atoms with Crippen LogP contribution in [-0.2, 0) is 27.6 Å².